The normalized spacial score (nSPS) is 15.9. The van der Waals surface area contributed by atoms with Crippen LogP contribution in [-0.2, 0) is 10.0 Å². The van der Waals surface area contributed by atoms with Gasteiger partial charge in [-0.2, -0.15) is 9.29 Å². The Balaban J connectivity index is 1.52. The Morgan fingerprint density at radius 1 is 1.03 bits per heavy atom. The minimum atomic E-state index is -3.51. The molecule has 0 saturated carbocycles. The summed E-state index contributed by atoms with van der Waals surface area (Å²) in [7, 11) is -3.51. The molecule has 10 heteroatoms. The van der Waals surface area contributed by atoms with E-state index in [-0.39, 0.29) is 16.6 Å². The number of non-ortho nitro benzene ring substituents is 1. The first-order chi connectivity index (χ1) is 13.9. The Labute approximate surface area is 167 Å². The number of sulfonamides is 1. The van der Waals surface area contributed by atoms with Gasteiger partial charge in [-0.15, -0.1) is 0 Å². The lowest BCUT2D eigenvalue weighted by Crippen LogP contribution is -2.31. The van der Waals surface area contributed by atoms with Crippen molar-refractivity contribution in [2.75, 3.05) is 18.4 Å². The Morgan fingerprint density at radius 2 is 1.72 bits per heavy atom. The SMILES string of the molecule is O=[N+]([O-])c1ccc2nc(Nc3ccc(S(=O)(=O)N4CCCCCC4)cc3)oc2c1. The summed E-state index contributed by atoms with van der Waals surface area (Å²) in [4.78, 5) is 14.8. The van der Waals surface area contributed by atoms with Crippen LogP contribution in [0.4, 0.5) is 17.4 Å². The van der Waals surface area contributed by atoms with Crippen LogP contribution >= 0.6 is 0 Å². The number of nitrogens with zero attached hydrogens (tertiary/aromatic N) is 3. The van der Waals surface area contributed by atoms with Gasteiger partial charge in [-0.3, -0.25) is 10.1 Å². The van der Waals surface area contributed by atoms with Crippen LogP contribution in [-0.4, -0.2) is 35.7 Å². The van der Waals surface area contributed by atoms with Gasteiger partial charge in [0, 0.05) is 24.8 Å². The van der Waals surface area contributed by atoms with E-state index in [0.717, 1.165) is 25.7 Å². The first-order valence-electron chi connectivity index (χ1n) is 9.36. The maximum absolute atomic E-state index is 12.8. The topological polar surface area (TPSA) is 119 Å². The fourth-order valence-electron chi connectivity index (χ4n) is 3.35. The maximum Gasteiger partial charge on any atom is 0.300 e. The lowest BCUT2D eigenvalue weighted by atomic mass is 10.2. The number of nitro benzene ring substituents is 1. The monoisotopic (exact) mass is 416 g/mol. The molecule has 152 valence electrons. The van der Waals surface area contributed by atoms with Gasteiger partial charge in [-0.1, -0.05) is 12.8 Å². The van der Waals surface area contributed by atoms with Crippen molar-refractivity contribution in [3.8, 4) is 0 Å². The predicted molar refractivity (Wildman–Crippen MR) is 108 cm³/mol. The second-order valence-electron chi connectivity index (χ2n) is 6.90. The molecule has 1 aliphatic rings. The predicted octanol–water partition coefficient (Wildman–Crippen LogP) is 4.04. The van der Waals surface area contributed by atoms with Gasteiger partial charge < -0.3 is 9.73 Å². The molecule has 1 saturated heterocycles. The van der Waals surface area contributed by atoms with E-state index in [1.807, 2.05) is 0 Å². The average Bonchev–Trinajstić information content (AvgIpc) is 2.90. The summed E-state index contributed by atoms with van der Waals surface area (Å²) in [5.41, 5.74) is 1.30. The third-order valence-electron chi connectivity index (χ3n) is 4.89. The Hall–Kier alpha value is -2.98. The molecule has 0 bridgehead atoms. The van der Waals surface area contributed by atoms with Crippen LogP contribution in [0.3, 0.4) is 0 Å². The van der Waals surface area contributed by atoms with Gasteiger partial charge in [-0.05, 0) is 43.2 Å². The zero-order valence-corrected chi connectivity index (χ0v) is 16.4. The van der Waals surface area contributed by atoms with Crippen LogP contribution in [0.25, 0.3) is 11.1 Å². The van der Waals surface area contributed by atoms with E-state index >= 15 is 0 Å². The number of benzene rings is 2. The molecule has 2 aromatic carbocycles. The highest BCUT2D eigenvalue weighted by Gasteiger charge is 2.25. The summed E-state index contributed by atoms with van der Waals surface area (Å²) in [6.07, 6.45) is 3.88. The lowest BCUT2D eigenvalue weighted by molar-refractivity contribution is -0.384. The molecule has 0 radical (unpaired) electrons. The van der Waals surface area contributed by atoms with Crippen molar-refractivity contribution in [1.29, 1.82) is 0 Å². The van der Waals surface area contributed by atoms with Crippen LogP contribution < -0.4 is 5.32 Å². The highest BCUT2D eigenvalue weighted by atomic mass is 32.2. The summed E-state index contributed by atoms with van der Waals surface area (Å²) < 4.78 is 32.7. The van der Waals surface area contributed by atoms with Gasteiger partial charge in [0.25, 0.3) is 11.7 Å². The molecular weight excluding hydrogens is 396 g/mol. The summed E-state index contributed by atoms with van der Waals surface area (Å²) in [6, 6.07) is 10.7. The summed E-state index contributed by atoms with van der Waals surface area (Å²) in [5.74, 6) is 0. The number of aromatic nitrogens is 1. The summed E-state index contributed by atoms with van der Waals surface area (Å²) in [5, 5.41) is 13.8. The van der Waals surface area contributed by atoms with Crippen LogP contribution in [0.5, 0.6) is 0 Å². The largest absolute Gasteiger partial charge is 0.423 e. The van der Waals surface area contributed by atoms with E-state index in [1.54, 1.807) is 28.6 Å². The summed E-state index contributed by atoms with van der Waals surface area (Å²) >= 11 is 0. The Morgan fingerprint density at radius 3 is 2.38 bits per heavy atom. The molecule has 2 heterocycles. The number of hydrogen-bond acceptors (Lipinski definition) is 7. The third kappa shape index (κ3) is 4.08. The molecule has 29 heavy (non-hydrogen) atoms. The van der Waals surface area contributed by atoms with Gasteiger partial charge >= 0.3 is 0 Å². The first kappa shape index (κ1) is 19.3. The molecule has 0 unspecified atom stereocenters. The zero-order valence-electron chi connectivity index (χ0n) is 15.6. The smallest absolute Gasteiger partial charge is 0.300 e. The van der Waals surface area contributed by atoms with E-state index in [4.69, 9.17) is 4.42 Å². The molecular formula is C19H20N4O5S. The molecule has 1 fully saturated rings. The van der Waals surface area contributed by atoms with Gasteiger partial charge in [0.05, 0.1) is 15.9 Å². The van der Waals surface area contributed by atoms with Crippen LogP contribution in [0, 0.1) is 10.1 Å². The summed E-state index contributed by atoms with van der Waals surface area (Å²) in [6.45, 7) is 1.11. The van der Waals surface area contributed by atoms with Crippen molar-refractivity contribution >= 4 is 38.5 Å². The molecule has 3 aromatic rings. The molecule has 1 aliphatic heterocycles. The van der Waals surface area contributed by atoms with Crippen LogP contribution in [0.15, 0.2) is 51.8 Å². The number of oxazole rings is 1. The highest BCUT2D eigenvalue weighted by molar-refractivity contribution is 7.89. The van der Waals surface area contributed by atoms with Gasteiger partial charge in [-0.25, -0.2) is 8.42 Å². The number of anilines is 2. The number of nitrogens with one attached hydrogen (secondary N) is 1. The van der Waals surface area contributed by atoms with Gasteiger partial charge in [0.2, 0.25) is 10.0 Å². The molecule has 9 nitrogen and oxygen atoms in total. The average molecular weight is 416 g/mol. The zero-order chi connectivity index (χ0) is 20.4. The molecule has 0 spiro atoms. The van der Waals surface area contributed by atoms with Crippen LogP contribution in [0.2, 0.25) is 0 Å². The van der Waals surface area contributed by atoms with E-state index in [9.17, 15) is 18.5 Å². The number of fused-ring (bicyclic) bond motifs is 1. The van der Waals surface area contributed by atoms with Crippen molar-refractivity contribution in [3.05, 3.63) is 52.6 Å². The number of hydrogen-bond donors (Lipinski definition) is 1. The van der Waals surface area contributed by atoms with E-state index in [2.05, 4.69) is 10.3 Å². The van der Waals surface area contributed by atoms with Crippen LogP contribution in [0.1, 0.15) is 25.7 Å². The van der Waals surface area contributed by atoms with Gasteiger partial charge in [0.15, 0.2) is 5.58 Å². The third-order valence-corrected chi connectivity index (χ3v) is 6.80. The molecule has 0 atom stereocenters. The fraction of sp³-hybridized carbons (Fsp3) is 0.316. The highest BCUT2D eigenvalue weighted by Crippen LogP contribution is 2.27. The molecule has 1 N–H and O–H groups in total. The van der Waals surface area contributed by atoms with E-state index < -0.39 is 14.9 Å². The van der Waals surface area contributed by atoms with Crippen molar-refractivity contribution in [3.63, 3.8) is 0 Å². The number of nitro groups is 1. The van der Waals surface area contributed by atoms with Crippen molar-refractivity contribution in [2.45, 2.75) is 30.6 Å². The second-order valence-corrected chi connectivity index (χ2v) is 8.83. The Bertz CT molecular complexity index is 1130. The standard InChI is InChI=1S/C19H20N4O5S/c24-23(25)15-7-10-17-18(13-15)28-19(21-17)20-14-5-8-16(9-6-14)29(26,27)22-11-3-1-2-4-12-22/h5-10,13H,1-4,11-12H2,(H,20,21). The molecule has 0 aliphatic carbocycles. The quantitative estimate of drug-likeness (QED) is 0.492. The lowest BCUT2D eigenvalue weighted by Gasteiger charge is -2.20. The van der Waals surface area contributed by atoms with E-state index in [0.29, 0.717) is 29.9 Å². The molecule has 1 aromatic heterocycles. The van der Waals surface area contributed by atoms with Crippen molar-refractivity contribution in [2.24, 2.45) is 0 Å². The minimum absolute atomic E-state index is 0.0803. The minimum Gasteiger partial charge on any atom is -0.423 e. The van der Waals surface area contributed by atoms with Crippen molar-refractivity contribution in [1.82, 2.24) is 9.29 Å². The Kier molecular flexibility index (Phi) is 5.20. The van der Waals surface area contributed by atoms with E-state index in [1.165, 1.54) is 18.2 Å². The molecule has 4 rings (SSSR count). The first-order valence-corrected chi connectivity index (χ1v) is 10.8. The fourth-order valence-corrected chi connectivity index (χ4v) is 4.86. The maximum atomic E-state index is 12.8. The molecule has 0 amide bonds. The number of rotatable bonds is 5. The van der Waals surface area contributed by atoms with Gasteiger partial charge in [0.1, 0.15) is 5.52 Å². The van der Waals surface area contributed by atoms with Crippen molar-refractivity contribution < 1.29 is 17.8 Å². The second kappa shape index (κ2) is 7.80.